The van der Waals surface area contributed by atoms with Gasteiger partial charge in [0.05, 0.1) is 11.9 Å². The Balaban J connectivity index is 2.11. The predicted molar refractivity (Wildman–Crippen MR) is 137 cm³/mol. The van der Waals surface area contributed by atoms with Crippen molar-refractivity contribution < 1.29 is 10.2 Å². The molecule has 3 aromatic rings. The lowest BCUT2D eigenvalue weighted by atomic mass is 9.78. The summed E-state index contributed by atoms with van der Waals surface area (Å²) < 4.78 is 0. The lowest BCUT2D eigenvalue weighted by molar-refractivity contribution is 0.423. The number of amidine groups is 1. The number of benzene rings is 3. The quantitative estimate of drug-likeness (QED) is 0.248. The van der Waals surface area contributed by atoms with Crippen LogP contribution in [0.15, 0.2) is 76.8 Å². The van der Waals surface area contributed by atoms with Crippen molar-refractivity contribution in [2.24, 2.45) is 10.1 Å². The fraction of sp³-hybridized carbons (Fsp3) is 0.286. The largest absolute Gasteiger partial charge is 0.508 e. The van der Waals surface area contributed by atoms with Gasteiger partial charge in [-0.2, -0.15) is 5.10 Å². The van der Waals surface area contributed by atoms with Crippen LogP contribution >= 0.6 is 0 Å². The van der Waals surface area contributed by atoms with Gasteiger partial charge in [0, 0.05) is 16.7 Å². The van der Waals surface area contributed by atoms with E-state index in [1.165, 1.54) is 0 Å². The number of nitrogens with zero attached hydrogens (tertiary/aromatic N) is 2. The molecule has 5 heteroatoms. The molecule has 0 aliphatic carbocycles. The molecule has 3 rings (SSSR count). The van der Waals surface area contributed by atoms with Crippen molar-refractivity contribution in [2.75, 3.05) is 0 Å². The van der Waals surface area contributed by atoms with Gasteiger partial charge in [0.1, 0.15) is 11.5 Å². The van der Waals surface area contributed by atoms with Crippen molar-refractivity contribution >= 4 is 17.7 Å². The minimum atomic E-state index is -0.257. The molecule has 0 aromatic heterocycles. The summed E-state index contributed by atoms with van der Waals surface area (Å²) in [5.74, 6) is 1.11. The third-order valence-corrected chi connectivity index (χ3v) is 5.27. The Labute approximate surface area is 196 Å². The molecular formula is C28H33N3O2. The van der Waals surface area contributed by atoms with E-state index < -0.39 is 0 Å². The molecule has 3 aromatic carbocycles. The number of hydrogen-bond donors (Lipinski definition) is 3. The summed E-state index contributed by atoms with van der Waals surface area (Å²) in [6, 6.07) is 20.5. The van der Waals surface area contributed by atoms with Crippen molar-refractivity contribution in [3.05, 3.63) is 89.0 Å². The van der Waals surface area contributed by atoms with Crippen LogP contribution in [0.25, 0.3) is 0 Å². The number of phenols is 2. The van der Waals surface area contributed by atoms with Crippen LogP contribution in [0.1, 0.15) is 63.8 Å². The summed E-state index contributed by atoms with van der Waals surface area (Å²) in [5.41, 5.74) is 6.78. The number of aromatic hydroxyl groups is 2. The first-order chi connectivity index (χ1) is 15.4. The third kappa shape index (κ3) is 6.22. The third-order valence-electron chi connectivity index (χ3n) is 5.27. The van der Waals surface area contributed by atoms with Gasteiger partial charge in [-0.1, -0.05) is 59.7 Å². The lowest BCUT2D eigenvalue weighted by Gasteiger charge is -2.28. The van der Waals surface area contributed by atoms with Crippen LogP contribution < -0.4 is 5.43 Å². The van der Waals surface area contributed by atoms with Crippen LogP contribution in [0.3, 0.4) is 0 Å². The maximum atomic E-state index is 11.1. The Bertz CT molecular complexity index is 1120. The molecule has 0 saturated heterocycles. The zero-order valence-corrected chi connectivity index (χ0v) is 20.2. The number of para-hydroxylation sites is 1. The smallest absolute Gasteiger partial charge is 0.154 e. The van der Waals surface area contributed by atoms with Gasteiger partial charge < -0.3 is 10.2 Å². The average molecular weight is 444 g/mol. The number of rotatable bonds is 4. The molecule has 5 nitrogen and oxygen atoms in total. The monoisotopic (exact) mass is 443 g/mol. The van der Waals surface area contributed by atoms with Crippen LogP contribution in [-0.4, -0.2) is 22.3 Å². The highest BCUT2D eigenvalue weighted by molar-refractivity contribution is 6.01. The Morgan fingerprint density at radius 1 is 0.788 bits per heavy atom. The highest BCUT2D eigenvalue weighted by Gasteiger charge is 2.27. The van der Waals surface area contributed by atoms with Crippen molar-refractivity contribution in [2.45, 2.75) is 52.4 Å². The van der Waals surface area contributed by atoms with E-state index in [1.54, 1.807) is 30.5 Å². The number of hydrazone groups is 1. The van der Waals surface area contributed by atoms with E-state index in [1.807, 2.05) is 42.5 Å². The highest BCUT2D eigenvalue weighted by atomic mass is 16.3. The Morgan fingerprint density at radius 2 is 1.33 bits per heavy atom. The van der Waals surface area contributed by atoms with Gasteiger partial charge in [-0.05, 0) is 64.9 Å². The number of phenolic OH excluding ortho intramolecular Hbond substituents is 2. The van der Waals surface area contributed by atoms with Gasteiger partial charge in [0.25, 0.3) is 0 Å². The van der Waals surface area contributed by atoms with Crippen LogP contribution in [0.4, 0.5) is 5.69 Å². The maximum absolute atomic E-state index is 11.1. The molecule has 0 spiro atoms. The van der Waals surface area contributed by atoms with Crippen LogP contribution in [0.2, 0.25) is 0 Å². The average Bonchev–Trinajstić information content (AvgIpc) is 2.74. The highest BCUT2D eigenvalue weighted by Crippen LogP contribution is 2.40. The van der Waals surface area contributed by atoms with Crippen LogP contribution in [-0.2, 0) is 10.8 Å². The Kier molecular flexibility index (Phi) is 6.92. The first-order valence-corrected chi connectivity index (χ1v) is 11.1. The molecule has 0 unspecified atom stereocenters. The van der Waals surface area contributed by atoms with Gasteiger partial charge in [-0.25, -0.2) is 4.99 Å². The van der Waals surface area contributed by atoms with E-state index in [9.17, 15) is 10.2 Å². The van der Waals surface area contributed by atoms with E-state index in [2.05, 4.69) is 52.1 Å². The molecule has 3 N–H and O–H groups in total. The van der Waals surface area contributed by atoms with Gasteiger partial charge in [-0.3, -0.25) is 5.43 Å². The van der Waals surface area contributed by atoms with Crippen molar-refractivity contribution in [3.63, 3.8) is 0 Å². The number of nitrogens with one attached hydrogen (secondary N) is 1. The SMILES string of the molecule is CC(C)(C)c1cc(C(=Nc2ccccc2)N/N=C/c2ccc(O)cc2)cc(C(C)(C)C)c1O. The second-order valence-corrected chi connectivity index (χ2v) is 10.2. The van der Waals surface area contributed by atoms with Crippen LogP contribution in [0.5, 0.6) is 11.5 Å². The van der Waals surface area contributed by atoms with Gasteiger partial charge >= 0.3 is 0 Å². The molecule has 0 fully saturated rings. The summed E-state index contributed by atoms with van der Waals surface area (Å²) in [6.07, 6.45) is 1.68. The molecule has 0 aliphatic heterocycles. The molecule has 172 valence electrons. The maximum Gasteiger partial charge on any atom is 0.154 e. The van der Waals surface area contributed by atoms with E-state index in [0.29, 0.717) is 11.6 Å². The molecule has 0 heterocycles. The zero-order chi connectivity index (χ0) is 24.2. The second-order valence-electron chi connectivity index (χ2n) is 10.2. The summed E-state index contributed by atoms with van der Waals surface area (Å²) in [4.78, 5) is 4.82. The molecule has 0 saturated carbocycles. The molecule has 0 bridgehead atoms. The molecule has 0 radical (unpaired) electrons. The fourth-order valence-corrected chi connectivity index (χ4v) is 3.43. The van der Waals surface area contributed by atoms with E-state index in [-0.39, 0.29) is 16.6 Å². The first-order valence-electron chi connectivity index (χ1n) is 11.1. The molecule has 0 amide bonds. The second kappa shape index (κ2) is 9.49. The summed E-state index contributed by atoms with van der Waals surface area (Å²) >= 11 is 0. The normalized spacial score (nSPS) is 12.8. The number of aliphatic imine (C=N–C) groups is 1. The van der Waals surface area contributed by atoms with Crippen molar-refractivity contribution in [3.8, 4) is 11.5 Å². The number of hydrogen-bond acceptors (Lipinski definition) is 4. The fourth-order valence-electron chi connectivity index (χ4n) is 3.43. The van der Waals surface area contributed by atoms with Crippen molar-refractivity contribution in [1.29, 1.82) is 0 Å². The zero-order valence-electron chi connectivity index (χ0n) is 20.2. The molecule has 0 aliphatic rings. The summed E-state index contributed by atoms with van der Waals surface area (Å²) in [5, 5.41) is 25.0. The van der Waals surface area contributed by atoms with Gasteiger partial charge in [0.15, 0.2) is 5.84 Å². The van der Waals surface area contributed by atoms with Crippen molar-refractivity contribution in [1.82, 2.24) is 5.43 Å². The Morgan fingerprint density at radius 3 is 1.85 bits per heavy atom. The lowest BCUT2D eigenvalue weighted by Crippen LogP contribution is -2.23. The van der Waals surface area contributed by atoms with Gasteiger partial charge in [0.2, 0.25) is 0 Å². The van der Waals surface area contributed by atoms with Crippen LogP contribution in [0, 0.1) is 0 Å². The predicted octanol–water partition coefficient (Wildman–Crippen LogP) is 6.39. The van der Waals surface area contributed by atoms with E-state index in [4.69, 9.17) is 4.99 Å². The molecular weight excluding hydrogens is 410 g/mol. The topological polar surface area (TPSA) is 77.2 Å². The van der Waals surface area contributed by atoms with E-state index in [0.717, 1.165) is 27.9 Å². The molecule has 0 atom stereocenters. The Hall–Kier alpha value is -3.60. The molecule has 33 heavy (non-hydrogen) atoms. The standard InChI is InChI=1S/C28H33N3O2/c1-27(2,3)23-16-20(17-24(25(23)33)28(4,5)6)26(30-21-10-8-7-9-11-21)31-29-18-19-12-14-22(32)15-13-19/h7-18,32-33H,1-6H3,(H,30,31)/b29-18+. The van der Waals surface area contributed by atoms with Gasteiger partial charge in [-0.15, -0.1) is 0 Å². The minimum Gasteiger partial charge on any atom is -0.508 e. The summed E-state index contributed by atoms with van der Waals surface area (Å²) in [7, 11) is 0. The minimum absolute atomic E-state index is 0.208. The first kappa shape index (κ1) is 24.1. The summed E-state index contributed by atoms with van der Waals surface area (Å²) in [6.45, 7) is 12.5. The van der Waals surface area contributed by atoms with E-state index >= 15 is 0 Å².